The van der Waals surface area contributed by atoms with Gasteiger partial charge in [-0.3, -0.25) is 9.59 Å². The molecule has 0 rings (SSSR count). The van der Waals surface area contributed by atoms with Gasteiger partial charge in [0.25, 0.3) is 0 Å². The molecule has 112 valence electrons. The molecule has 0 saturated heterocycles. The van der Waals surface area contributed by atoms with E-state index in [2.05, 4.69) is 14.8 Å². The zero-order chi connectivity index (χ0) is 15.1. The fourth-order valence-corrected chi connectivity index (χ4v) is 0.971. The average molecular weight is 275 g/mol. The maximum absolute atomic E-state index is 10.6. The number of ether oxygens (including phenoxy) is 2. The molecule has 0 aromatic carbocycles. The first-order valence-electron chi connectivity index (χ1n) is 6.43. The van der Waals surface area contributed by atoms with Gasteiger partial charge in [-0.1, -0.05) is 0 Å². The number of esters is 2. The molecule has 6 nitrogen and oxygen atoms in total. The van der Waals surface area contributed by atoms with Crippen LogP contribution in [-0.2, 0) is 23.9 Å². The van der Waals surface area contributed by atoms with Gasteiger partial charge in [-0.05, 0) is 27.8 Å². The maximum Gasteiger partial charge on any atom is 0.307 e. The van der Waals surface area contributed by atoms with Crippen molar-refractivity contribution in [1.29, 1.82) is 0 Å². The minimum Gasteiger partial charge on any atom is -0.466 e. The van der Waals surface area contributed by atoms with E-state index in [1.54, 1.807) is 20.9 Å². The lowest BCUT2D eigenvalue weighted by Gasteiger charge is -1.98. The van der Waals surface area contributed by atoms with Crippen LogP contribution in [0.1, 0.15) is 40.0 Å². The second kappa shape index (κ2) is 14.6. The summed E-state index contributed by atoms with van der Waals surface area (Å²) >= 11 is 0. The molecular weight excluding hydrogens is 250 g/mol. The van der Waals surface area contributed by atoms with Crippen LogP contribution in [0.15, 0.2) is 0 Å². The van der Waals surface area contributed by atoms with E-state index in [-0.39, 0.29) is 24.1 Å². The summed E-state index contributed by atoms with van der Waals surface area (Å²) < 4.78 is 9.27. The molecule has 0 bridgehead atoms. The molecule has 0 aromatic rings. The third-order valence-electron chi connectivity index (χ3n) is 1.87. The molecule has 19 heavy (non-hydrogen) atoms. The van der Waals surface area contributed by atoms with E-state index in [1.807, 2.05) is 0 Å². The topological polar surface area (TPSA) is 81.7 Å². The summed E-state index contributed by atoms with van der Waals surface area (Å²) in [5, 5.41) is 2.86. The van der Waals surface area contributed by atoms with Crippen LogP contribution >= 0.6 is 0 Å². The van der Waals surface area contributed by atoms with Crippen LogP contribution in [0.4, 0.5) is 0 Å². The van der Waals surface area contributed by atoms with Crippen molar-refractivity contribution in [2.75, 3.05) is 26.8 Å². The Morgan fingerprint density at radius 2 is 1.37 bits per heavy atom. The molecule has 0 unspecified atom stereocenters. The van der Waals surface area contributed by atoms with Gasteiger partial charge in [0.15, 0.2) is 0 Å². The summed E-state index contributed by atoms with van der Waals surface area (Å²) in [6.45, 7) is 6.56. The number of rotatable bonds is 8. The Morgan fingerprint density at radius 1 is 0.895 bits per heavy atom. The minimum atomic E-state index is -0.294. The molecule has 0 heterocycles. The van der Waals surface area contributed by atoms with Crippen LogP contribution in [0.3, 0.4) is 0 Å². The Kier molecular flexibility index (Phi) is 15.3. The predicted molar refractivity (Wildman–Crippen MR) is 71.7 cm³/mol. The molecule has 0 aromatic heterocycles. The zero-order valence-electron chi connectivity index (χ0n) is 12.3. The van der Waals surface area contributed by atoms with Gasteiger partial charge in [0.1, 0.15) is 5.78 Å². The summed E-state index contributed by atoms with van der Waals surface area (Å²) in [6.07, 6.45) is 0.965. The molecule has 6 heteroatoms. The highest BCUT2D eigenvalue weighted by Gasteiger charge is 2.02. The summed E-state index contributed by atoms with van der Waals surface area (Å²) in [5.74, 6) is -0.405. The van der Waals surface area contributed by atoms with E-state index < -0.39 is 0 Å². The summed E-state index contributed by atoms with van der Waals surface area (Å²) in [7, 11) is 1.80. The molecule has 0 aliphatic rings. The quantitative estimate of drug-likeness (QED) is 0.667. The van der Waals surface area contributed by atoms with Crippen LogP contribution in [0.2, 0.25) is 0 Å². The molecular formula is C13H25NO5. The van der Waals surface area contributed by atoms with Crippen LogP contribution in [0.5, 0.6) is 0 Å². The first kappa shape index (κ1) is 19.9. The number of ketones is 1. The number of hydrogen-bond acceptors (Lipinski definition) is 6. The lowest BCUT2D eigenvalue weighted by Crippen LogP contribution is -2.14. The molecule has 0 radical (unpaired) electrons. The third kappa shape index (κ3) is 19.1. The Balaban J connectivity index is 0. The van der Waals surface area contributed by atoms with E-state index in [4.69, 9.17) is 0 Å². The van der Waals surface area contributed by atoms with Gasteiger partial charge >= 0.3 is 11.9 Å². The van der Waals surface area contributed by atoms with Crippen molar-refractivity contribution in [2.45, 2.75) is 40.0 Å². The van der Waals surface area contributed by atoms with Gasteiger partial charge < -0.3 is 19.6 Å². The van der Waals surface area contributed by atoms with Crippen molar-refractivity contribution in [3.8, 4) is 0 Å². The van der Waals surface area contributed by atoms with Crippen molar-refractivity contribution in [1.82, 2.24) is 5.32 Å². The maximum atomic E-state index is 10.6. The summed E-state index contributed by atoms with van der Waals surface area (Å²) in [4.78, 5) is 31.5. The van der Waals surface area contributed by atoms with E-state index in [0.29, 0.717) is 32.6 Å². The molecule has 1 N–H and O–H groups in total. The fourth-order valence-electron chi connectivity index (χ4n) is 0.971. The zero-order valence-corrected chi connectivity index (χ0v) is 12.3. The predicted octanol–water partition coefficient (Wildman–Crippen LogP) is 1.08. The van der Waals surface area contributed by atoms with Gasteiger partial charge in [-0.15, -0.1) is 0 Å². The Bertz CT molecular complexity index is 266. The fraction of sp³-hybridized carbons (Fsp3) is 0.769. The van der Waals surface area contributed by atoms with Crippen LogP contribution in [0, 0.1) is 0 Å². The number of hydrogen-bond donors (Lipinski definition) is 1. The average Bonchev–Trinajstić information content (AvgIpc) is 2.35. The van der Waals surface area contributed by atoms with Crippen molar-refractivity contribution >= 4 is 17.7 Å². The highest BCUT2D eigenvalue weighted by molar-refractivity contribution is 5.80. The van der Waals surface area contributed by atoms with E-state index >= 15 is 0 Å². The van der Waals surface area contributed by atoms with Gasteiger partial charge in [-0.25, -0.2) is 0 Å². The highest BCUT2D eigenvalue weighted by Crippen LogP contribution is 1.92. The molecule has 0 fully saturated rings. The second-order valence-corrected chi connectivity index (χ2v) is 3.67. The van der Waals surface area contributed by atoms with E-state index in [0.717, 1.165) is 0 Å². The Hall–Kier alpha value is -1.43. The van der Waals surface area contributed by atoms with Gasteiger partial charge in [0.2, 0.25) is 0 Å². The highest BCUT2D eigenvalue weighted by atomic mass is 16.5. The Labute approximate surface area is 114 Å². The normalized spacial score (nSPS) is 9.05. The van der Waals surface area contributed by atoms with Crippen molar-refractivity contribution in [3.05, 3.63) is 0 Å². The first-order chi connectivity index (χ1) is 8.97. The molecule has 0 saturated carbocycles. The monoisotopic (exact) mass is 275 g/mol. The van der Waals surface area contributed by atoms with Gasteiger partial charge in [0.05, 0.1) is 26.1 Å². The molecule has 0 aliphatic carbocycles. The van der Waals surface area contributed by atoms with Crippen molar-refractivity contribution in [3.63, 3.8) is 0 Å². The molecule has 0 aliphatic heterocycles. The first-order valence-corrected chi connectivity index (χ1v) is 6.43. The smallest absolute Gasteiger partial charge is 0.307 e. The second-order valence-electron chi connectivity index (χ2n) is 3.67. The van der Waals surface area contributed by atoms with E-state index in [9.17, 15) is 14.4 Å². The number of nitrogens with one attached hydrogen (secondary N) is 1. The Morgan fingerprint density at radius 3 is 1.74 bits per heavy atom. The van der Waals surface area contributed by atoms with Gasteiger partial charge in [0, 0.05) is 13.0 Å². The minimum absolute atomic E-state index is 0.0213. The van der Waals surface area contributed by atoms with Crippen LogP contribution < -0.4 is 5.32 Å². The lowest BCUT2D eigenvalue weighted by molar-refractivity contribution is -0.144. The van der Waals surface area contributed by atoms with Crippen molar-refractivity contribution < 1.29 is 23.9 Å². The number of carbonyl (C=O) groups excluding carboxylic acids is 3. The van der Waals surface area contributed by atoms with E-state index in [1.165, 1.54) is 6.92 Å². The third-order valence-corrected chi connectivity index (χ3v) is 1.87. The lowest BCUT2D eigenvalue weighted by atomic mass is 10.2. The summed E-state index contributed by atoms with van der Waals surface area (Å²) in [5.41, 5.74) is 0. The van der Waals surface area contributed by atoms with Crippen LogP contribution in [0.25, 0.3) is 0 Å². The molecule has 0 atom stereocenters. The largest absolute Gasteiger partial charge is 0.466 e. The number of Topliss-reactive ketones (excluding diaryl/α,β-unsaturated/α-hetero) is 1. The number of carbonyl (C=O) groups is 3. The standard InChI is InChI=1S/C7H12O3.C6H13NO2/c1-3-10-7(9)5-4-6(2)8;1-3-9-6(8)4-5-7-2/h3-5H2,1-2H3;7H,3-5H2,1-2H3. The van der Waals surface area contributed by atoms with Gasteiger partial charge in [-0.2, -0.15) is 0 Å². The molecule has 0 spiro atoms. The van der Waals surface area contributed by atoms with Crippen molar-refractivity contribution in [2.24, 2.45) is 0 Å². The SMILES string of the molecule is CCOC(=O)CCC(C)=O.CCOC(=O)CCNC. The summed E-state index contributed by atoms with van der Waals surface area (Å²) in [6, 6.07) is 0. The van der Waals surface area contributed by atoms with Crippen LogP contribution in [-0.4, -0.2) is 44.5 Å². The molecule has 0 amide bonds.